The van der Waals surface area contributed by atoms with Crippen LogP contribution >= 0.6 is 0 Å². The number of aryl methyl sites for hydroxylation is 1. The molecule has 0 heterocycles. The first-order valence-electron chi connectivity index (χ1n) is 8.76. The molecule has 3 aliphatic rings. The zero-order valence-corrected chi connectivity index (χ0v) is 13.9. The fourth-order valence-electron chi connectivity index (χ4n) is 5.80. The Hall–Kier alpha value is -1.31. The quantitative estimate of drug-likeness (QED) is 0.766. The van der Waals surface area contributed by atoms with E-state index in [1.165, 1.54) is 23.1 Å². The molecule has 0 aliphatic heterocycles. The third-order valence-electron chi connectivity index (χ3n) is 7.02. The summed E-state index contributed by atoms with van der Waals surface area (Å²) in [4.78, 5) is 12.4. The summed E-state index contributed by atoms with van der Waals surface area (Å²) in [5, 5.41) is 0. The maximum atomic E-state index is 12.4. The number of rotatable bonds is 1. The number of carbonyl (C=O) groups excluding carboxylic acids is 1. The number of hydrogen-bond acceptors (Lipinski definition) is 2. The Morgan fingerprint density at radius 1 is 1.18 bits per heavy atom. The van der Waals surface area contributed by atoms with E-state index < -0.39 is 0 Å². The van der Waals surface area contributed by atoms with Crippen LogP contribution in [0.3, 0.4) is 0 Å². The highest BCUT2D eigenvalue weighted by molar-refractivity contribution is 5.87. The van der Waals surface area contributed by atoms with Crippen molar-refractivity contribution in [2.75, 3.05) is 7.11 Å². The summed E-state index contributed by atoms with van der Waals surface area (Å²) >= 11 is 0. The lowest BCUT2D eigenvalue weighted by atomic mass is 9.55. The lowest BCUT2D eigenvalue weighted by molar-refractivity contribution is -0.129. The molecule has 0 N–H and O–H groups in total. The Bertz CT molecular complexity index is 633. The van der Waals surface area contributed by atoms with Crippen LogP contribution in [0.25, 0.3) is 0 Å². The number of methoxy groups -OCH3 is 1. The van der Waals surface area contributed by atoms with Crippen molar-refractivity contribution in [1.29, 1.82) is 0 Å². The maximum Gasteiger partial charge on any atom is 0.139 e. The van der Waals surface area contributed by atoms with E-state index in [-0.39, 0.29) is 5.41 Å². The van der Waals surface area contributed by atoms with Crippen molar-refractivity contribution in [3.05, 3.63) is 28.8 Å². The van der Waals surface area contributed by atoms with Gasteiger partial charge in [0.25, 0.3) is 0 Å². The monoisotopic (exact) mass is 298 g/mol. The van der Waals surface area contributed by atoms with Gasteiger partial charge in [0.2, 0.25) is 0 Å². The van der Waals surface area contributed by atoms with Crippen LogP contribution in [0.2, 0.25) is 0 Å². The van der Waals surface area contributed by atoms with E-state index in [4.69, 9.17) is 4.74 Å². The van der Waals surface area contributed by atoms with Gasteiger partial charge in [0.1, 0.15) is 11.5 Å². The zero-order chi connectivity index (χ0) is 15.5. The van der Waals surface area contributed by atoms with Crippen LogP contribution in [-0.2, 0) is 11.2 Å². The second-order valence-corrected chi connectivity index (χ2v) is 7.81. The smallest absolute Gasteiger partial charge is 0.139 e. The normalized spacial score (nSPS) is 36.5. The molecule has 0 amide bonds. The van der Waals surface area contributed by atoms with E-state index in [1.54, 1.807) is 7.11 Å². The van der Waals surface area contributed by atoms with Crippen molar-refractivity contribution in [2.24, 2.45) is 17.3 Å². The highest BCUT2D eigenvalue weighted by Crippen LogP contribution is 2.60. The fraction of sp³-hybridized carbons (Fsp3) is 0.650. The van der Waals surface area contributed by atoms with Gasteiger partial charge in [-0.25, -0.2) is 0 Å². The summed E-state index contributed by atoms with van der Waals surface area (Å²) in [7, 11) is 1.79. The predicted molar refractivity (Wildman–Crippen MR) is 87.4 cm³/mol. The zero-order valence-electron chi connectivity index (χ0n) is 13.9. The first-order valence-corrected chi connectivity index (χ1v) is 8.76. The topological polar surface area (TPSA) is 26.3 Å². The van der Waals surface area contributed by atoms with Gasteiger partial charge in [-0.3, -0.25) is 4.79 Å². The maximum absolute atomic E-state index is 12.4. The molecule has 1 aromatic rings. The minimum absolute atomic E-state index is 0.0320. The molecule has 4 rings (SSSR count). The van der Waals surface area contributed by atoms with Crippen LogP contribution in [-0.4, -0.2) is 12.9 Å². The van der Waals surface area contributed by atoms with E-state index in [1.807, 2.05) is 0 Å². The van der Waals surface area contributed by atoms with E-state index in [0.29, 0.717) is 23.5 Å². The lowest BCUT2D eigenvalue weighted by Gasteiger charge is -2.48. The highest BCUT2D eigenvalue weighted by atomic mass is 16.5. The van der Waals surface area contributed by atoms with E-state index >= 15 is 0 Å². The molecule has 0 aromatic heterocycles. The lowest BCUT2D eigenvalue weighted by Crippen LogP contribution is -2.42. The molecular weight excluding hydrogens is 272 g/mol. The molecule has 0 unspecified atom stereocenters. The molecule has 2 saturated carbocycles. The summed E-state index contributed by atoms with van der Waals surface area (Å²) in [5.41, 5.74) is 4.37. The van der Waals surface area contributed by atoms with Crippen LogP contribution < -0.4 is 4.74 Å². The molecule has 22 heavy (non-hydrogen) atoms. The summed E-state index contributed by atoms with van der Waals surface area (Å²) in [6.45, 7) is 4.47. The van der Waals surface area contributed by atoms with E-state index in [9.17, 15) is 4.79 Å². The average molecular weight is 298 g/mol. The molecule has 0 radical (unpaired) electrons. The Balaban J connectivity index is 1.79. The Morgan fingerprint density at radius 3 is 2.77 bits per heavy atom. The van der Waals surface area contributed by atoms with Crippen molar-refractivity contribution >= 4 is 5.78 Å². The summed E-state index contributed by atoms with van der Waals surface area (Å²) in [6, 6.07) is 4.34. The number of fused-ring (bicyclic) bond motifs is 5. The molecule has 118 valence electrons. The Kier molecular flexibility index (Phi) is 3.15. The number of ether oxygens (including phenoxy) is 1. The van der Waals surface area contributed by atoms with Crippen LogP contribution in [0.5, 0.6) is 5.75 Å². The standard InChI is InChI=1S/C20H26O2/c1-12-4-8-17(22-3)19-13(12)5-6-14-15(19)10-11-20(2)16(14)7-9-18(20)21/h4,8,14-16H,5-7,9-11H2,1-3H3/t14-,15+,16-,20+/m1/s1. The molecule has 3 aliphatic carbocycles. The van der Waals surface area contributed by atoms with Crippen LogP contribution in [0.1, 0.15) is 61.6 Å². The van der Waals surface area contributed by atoms with Gasteiger partial charge in [-0.15, -0.1) is 0 Å². The van der Waals surface area contributed by atoms with Crippen molar-refractivity contribution in [1.82, 2.24) is 0 Å². The van der Waals surface area contributed by atoms with Gasteiger partial charge in [0, 0.05) is 17.4 Å². The molecule has 0 bridgehead atoms. The van der Waals surface area contributed by atoms with Gasteiger partial charge >= 0.3 is 0 Å². The third-order valence-corrected chi connectivity index (χ3v) is 7.02. The Labute approximate surface area is 133 Å². The molecule has 2 nitrogen and oxygen atoms in total. The molecule has 0 spiro atoms. The summed E-state index contributed by atoms with van der Waals surface area (Å²) < 4.78 is 5.71. The first-order chi connectivity index (χ1) is 10.6. The van der Waals surface area contributed by atoms with Gasteiger partial charge in [0.15, 0.2) is 0 Å². The van der Waals surface area contributed by atoms with Crippen LogP contribution in [0.4, 0.5) is 0 Å². The molecule has 4 atom stereocenters. The van der Waals surface area contributed by atoms with Gasteiger partial charge < -0.3 is 4.74 Å². The summed E-state index contributed by atoms with van der Waals surface area (Å²) in [5.74, 6) is 3.47. The molecular formula is C20H26O2. The second kappa shape index (κ2) is 4.84. The number of benzene rings is 1. The number of hydrogen-bond donors (Lipinski definition) is 0. The van der Waals surface area contributed by atoms with Gasteiger partial charge in [-0.2, -0.15) is 0 Å². The fourth-order valence-corrected chi connectivity index (χ4v) is 5.80. The van der Waals surface area contributed by atoms with Crippen molar-refractivity contribution in [2.45, 2.75) is 58.3 Å². The highest BCUT2D eigenvalue weighted by Gasteiger charge is 2.55. The number of ketones is 1. The first kappa shape index (κ1) is 14.3. The van der Waals surface area contributed by atoms with Crippen LogP contribution in [0, 0.1) is 24.2 Å². The Morgan fingerprint density at radius 2 is 2.00 bits per heavy atom. The van der Waals surface area contributed by atoms with Gasteiger partial charge in [-0.05, 0) is 74.0 Å². The SMILES string of the molecule is COc1ccc(C)c2c1[C@H]1CC[C@]3(C)C(=O)CC[C@@H]3[C@@H]1CC2. The third kappa shape index (κ3) is 1.76. The van der Waals surface area contributed by atoms with Gasteiger partial charge in [-0.1, -0.05) is 13.0 Å². The number of Topliss-reactive ketones (excluding diaryl/α,β-unsaturated/α-hetero) is 1. The average Bonchev–Trinajstić information content (AvgIpc) is 2.83. The molecule has 2 heteroatoms. The largest absolute Gasteiger partial charge is 0.496 e. The summed E-state index contributed by atoms with van der Waals surface area (Å²) in [6.07, 6.45) is 6.53. The van der Waals surface area contributed by atoms with Crippen molar-refractivity contribution in [3.63, 3.8) is 0 Å². The van der Waals surface area contributed by atoms with E-state index in [0.717, 1.165) is 37.9 Å². The molecule has 2 fully saturated rings. The molecule has 0 saturated heterocycles. The van der Waals surface area contributed by atoms with Crippen molar-refractivity contribution < 1.29 is 9.53 Å². The predicted octanol–water partition coefficient (Wildman–Crippen LogP) is 4.43. The minimum atomic E-state index is -0.0320. The van der Waals surface area contributed by atoms with E-state index in [2.05, 4.69) is 26.0 Å². The second-order valence-electron chi connectivity index (χ2n) is 7.81. The minimum Gasteiger partial charge on any atom is -0.496 e. The van der Waals surface area contributed by atoms with Gasteiger partial charge in [0.05, 0.1) is 7.11 Å². The van der Waals surface area contributed by atoms with Crippen molar-refractivity contribution in [3.8, 4) is 5.75 Å². The molecule has 1 aromatic carbocycles. The van der Waals surface area contributed by atoms with Crippen LogP contribution in [0.15, 0.2) is 12.1 Å². The number of carbonyl (C=O) groups is 1.